The zero-order valence-electron chi connectivity index (χ0n) is 14.0. The largest absolute Gasteiger partial charge is 0.349 e. The maximum Gasteiger partial charge on any atom is 0.253 e. The highest BCUT2D eigenvalue weighted by Gasteiger charge is 2.32. The van der Waals surface area contributed by atoms with Gasteiger partial charge in [0.2, 0.25) is 11.8 Å². The summed E-state index contributed by atoms with van der Waals surface area (Å²) in [7, 11) is 1.70. The molecule has 2 N–H and O–H groups in total. The number of halogens is 1. The smallest absolute Gasteiger partial charge is 0.253 e. The highest BCUT2D eigenvalue weighted by Crippen LogP contribution is 2.16. The van der Waals surface area contributed by atoms with Crippen molar-refractivity contribution in [3.63, 3.8) is 0 Å². The van der Waals surface area contributed by atoms with Crippen molar-refractivity contribution in [2.45, 2.75) is 32.4 Å². The summed E-state index contributed by atoms with van der Waals surface area (Å²) in [6, 6.07) is 5.76. The predicted molar refractivity (Wildman–Crippen MR) is 91.7 cm³/mol. The molecule has 1 saturated heterocycles. The number of nitrogens with zero attached hydrogens (tertiary/aromatic N) is 1. The molecule has 2 atom stereocenters. The van der Waals surface area contributed by atoms with Gasteiger partial charge in [0.1, 0.15) is 6.04 Å². The van der Waals surface area contributed by atoms with E-state index < -0.39 is 11.9 Å². The molecule has 0 aromatic heterocycles. The minimum Gasteiger partial charge on any atom is -0.349 e. The number of hydrogen-bond donors (Lipinski definition) is 2. The lowest BCUT2D eigenvalue weighted by atomic mass is 10.0. The lowest BCUT2D eigenvalue weighted by Gasteiger charge is -2.24. The van der Waals surface area contributed by atoms with Crippen LogP contribution in [0.1, 0.15) is 30.6 Å². The number of benzene rings is 1. The van der Waals surface area contributed by atoms with Crippen LogP contribution in [0.4, 0.5) is 0 Å². The van der Waals surface area contributed by atoms with Crippen LogP contribution in [-0.2, 0) is 9.59 Å². The Morgan fingerprint density at radius 3 is 2.50 bits per heavy atom. The summed E-state index contributed by atoms with van der Waals surface area (Å²) in [5, 5.41) is 5.91. The van der Waals surface area contributed by atoms with Crippen LogP contribution in [0.2, 0.25) is 5.02 Å². The number of carbonyl (C=O) groups excluding carboxylic acids is 3. The zero-order chi connectivity index (χ0) is 17.9. The summed E-state index contributed by atoms with van der Waals surface area (Å²) in [4.78, 5) is 38.0. The molecule has 1 aliphatic rings. The number of hydrogen-bond acceptors (Lipinski definition) is 3. The van der Waals surface area contributed by atoms with Gasteiger partial charge in [0, 0.05) is 20.0 Å². The molecule has 1 heterocycles. The topological polar surface area (TPSA) is 78.5 Å². The number of rotatable bonds is 5. The fourth-order valence-electron chi connectivity index (χ4n) is 2.65. The molecule has 1 aliphatic heterocycles. The van der Waals surface area contributed by atoms with Gasteiger partial charge in [-0.3, -0.25) is 14.4 Å². The molecule has 130 valence electrons. The van der Waals surface area contributed by atoms with Crippen LogP contribution < -0.4 is 10.6 Å². The first-order chi connectivity index (χ1) is 11.3. The van der Waals surface area contributed by atoms with Crippen LogP contribution in [0, 0.1) is 5.92 Å². The monoisotopic (exact) mass is 351 g/mol. The Morgan fingerprint density at radius 1 is 1.29 bits per heavy atom. The van der Waals surface area contributed by atoms with Crippen LogP contribution in [0.3, 0.4) is 0 Å². The third-order valence-corrected chi connectivity index (χ3v) is 4.37. The fraction of sp³-hybridized carbons (Fsp3) is 0.471. The molecular weight excluding hydrogens is 330 g/mol. The van der Waals surface area contributed by atoms with Gasteiger partial charge in [0.25, 0.3) is 5.91 Å². The zero-order valence-corrected chi connectivity index (χ0v) is 14.8. The van der Waals surface area contributed by atoms with Gasteiger partial charge in [-0.15, -0.1) is 0 Å². The first-order valence-electron chi connectivity index (χ1n) is 7.89. The van der Waals surface area contributed by atoms with Crippen molar-refractivity contribution in [1.29, 1.82) is 0 Å². The highest BCUT2D eigenvalue weighted by atomic mass is 35.5. The Bertz CT molecular complexity index is 648. The molecule has 2 rings (SSSR count). The lowest BCUT2D eigenvalue weighted by Crippen LogP contribution is -2.52. The van der Waals surface area contributed by atoms with E-state index in [1.807, 2.05) is 13.8 Å². The Hall–Kier alpha value is -2.08. The number of carbonyl (C=O) groups is 3. The van der Waals surface area contributed by atoms with E-state index in [0.717, 1.165) is 0 Å². The molecule has 0 unspecified atom stereocenters. The standard InChI is InChI=1S/C17H22ClN3O3/c1-10(2)15(17(24)19-11-8-14(22)21(3)9-11)20-16(23)12-6-4-5-7-13(12)18/h4-7,10-11,15H,8-9H2,1-3H3,(H,19,24)(H,20,23)/t11-,15-/m0/s1. The van der Waals surface area contributed by atoms with Gasteiger partial charge in [0.15, 0.2) is 0 Å². The third kappa shape index (κ3) is 4.26. The summed E-state index contributed by atoms with van der Waals surface area (Å²) < 4.78 is 0. The molecule has 0 saturated carbocycles. The van der Waals surface area contributed by atoms with Crippen molar-refractivity contribution in [2.24, 2.45) is 5.92 Å². The molecule has 6 nitrogen and oxygen atoms in total. The van der Waals surface area contributed by atoms with Crippen molar-refractivity contribution >= 4 is 29.3 Å². The van der Waals surface area contributed by atoms with Gasteiger partial charge < -0.3 is 15.5 Å². The quantitative estimate of drug-likeness (QED) is 0.842. The van der Waals surface area contributed by atoms with E-state index in [1.165, 1.54) is 0 Å². The van der Waals surface area contributed by atoms with Crippen LogP contribution >= 0.6 is 11.6 Å². The van der Waals surface area contributed by atoms with Crippen LogP contribution in [0.25, 0.3) is 0 Å². The van der Waals surface area contributed by atoms with Gasteiger partial charge in [-0.05, 0) is 18.1 Å². The third-order valence-electron chi connectivity index (χ3n) is 4.04. The highest BCUT2D eigenvalue weighted by molar-refractivity contribution is 6.33. The molecule has 1 aromatic carbocycles. The van der Waals surface area contributed by atoms with Gasteiger partial charge >= 0.3 is 0 Å². The van der Waals surface area contributed by atoms with E-state index in [-0.39, 0.29) is 30.2 Å². The molecule has 1 fully saturated rings. The second-order valence-electron chi connectivity index (χ2n) is 6.36. The van der Waals surface area contributed by atoms with Crippen LogP contribution in [0.5, 0.6) is 0 Å². The lowest BCUT2D eigenvalue weighted by molar-refractivity contribution is -0.126. The molecule has 0 spiro atoms. The van der Waals surface area contributed by atoms with Gasteiger partial charge in [-0.1, -0.05) is 37.6 Å². The molecule has 7 heteroatoms. The second-order valence-corrected chi connectivity index (χ2v) is 6.77. The van der Waals surface area contributed by atoms with E-state index in [0.29, 0.717) is 17.1 Å². The molecule has 0 bridgehead atoms. The maximum atomic E-state index is 12.5. The van der Waals surface area contributed by atoms with Gasteiger partial charge in [0.05, 0.1) is 16.6 Å². The maximum absolute atomic E-state index is 12.5. The number of likely N-dealkylation sites (N-methyl/N-ethyl adjacent to an activating group) is 1. The second kappa shape index (κ2) is 7.66. The van der Waals surface area contributed by atoms with Gasteiger partial charge in [-0.25, -0.2) is 0 Å². The Kier molecular flexibility index (Phi) is 5.83. The average molecular weight is 352 g/mol. The fourth-order valence-corrected chi connectivity index (χ4v) is 2.87. The number of amides is 3. The Morgan fingerprint density at radius 2 is 1.96 bits per heavy atom. The first kappa shape index (κ1) is 18.3. The van der Waals surface area contributed by atoms with Crippen molar-refractivity contribution in [3.8, 4) is 0 Å². The summed E-state index contributed by atoms with van der Waals surface area (Å²) in [6.45, 7) is 4.18. The molecule has 1 aromatic rings. The summed E-state index contributed by atoms with van der Waals surface area (Å²) in [6.07, 6.45) is 0.283. The van der Waals surface area contributed by atoms with Crippen molar-refractivity contribution in [1.82, 2.24) is 15.5 Å². The van der Waals surface area contributed by atoms with E-state index in [4.69, 9.17) is 11.6 Å². The van der Waals surface area contributed by atoms with Crippen LogP contribution in [-0.4, -0.2) is 48.3 Å². The summed E-state index contributed by atoms with van der Waals surface area (Å²) in [5.74, 6) is -0.791. The van der Waals surface area contributed by atoms with E-state index >= 15 is 0 Å². The summed E-state index contributed by atoms with van der Waals surface area (Å²) in [5.41, 5.74) is 0.327. The normalized spacial score (nSPS) is 18.6. The first-order valence-corrected chi connectivity index (χ1v) is 8.27. The van der Waals surface area contributed by atoms with Crippen LogP contribution in [0.15, 0.2) is 24.3 Å². The molecule has 0 radical (unpaired) electrons. The Labute approximate surface area is 146 Å². The SMILES string of the molecule is CC(C)[C@H](NC(=O)c1ccccc1Cl)C(=O)N[C@H]1CC(=O)N(C)C1. The van der Waals surface area contributed by atoms with Crippen molar-refractivity contribution in [2.75, 3.05) is 13.6 Å². The molecule has 3 amide bonds. The summed E-state index contributed by atoms with van der Waals surface area (Å²) >= 11 is 6.03. The number of nitrogens with one attached hydrogen (secondary N) is 2. The minimum atomic E-state index is -0.699. The molecular formula is C17H22ClN3O3. The van der Waals surface area contributed by atoms with Crippen molar-refractivity contribution < 1.29 is 14.4 Å². The minimum absolute atomic E-state index is 0.00139. The van der Waals surface area contributed by atoms with Crippen molar-refractivity contribution in [3.05, 3.63) is 34.9 Å². The number of likely N-dealkylation sites (tertiary alicyclic amines) is 1. The van der Waals surface area contributed by atoms with E-state index in [1.54, 1.807) is 36.2 Å². The molecule has 24 heavy (non-hydrogen) atoms. The van der Waals surface area contributed by atoms with E-state index in [2.05, 4.69) is 10.6 Å². The molecule has 0 aliphatic carbocycles. The average Bonchev–Trinajstić information content (AvgIpc) is 2.82. The Balaban J connectivity index is 2.04. The predicted octanol–water partition coefficient (Wildman–Crippen LogP) is 1.44. The van der Waals surface area contributed by atoms with Gasteiger partial charge in [-0.2, -0.15) is 0 Å². The van der Waals surface area contributed by atoms with E-state index in [9.17, 15) is 14.4 Å².